The van der Waals surface area contributed by atoms with Crippen molar-refractivity contribution in [1.29, 1.82) is 0 Å². The molecule has 1 aliphatic rings. The Hall–Kier alpha value is -1.60. The van der Waals surface area contributed by atoms with Gasteiger partial charge in [-0.1, -0.05) is 30.3 Å². The topological polar surface area (TPSA) is 78.5 Å². The molecule has 2 rings (SSSR count). The molecular formula is C15H23N3O3S. The van der Waals surface area contributed by atoms with Crippen LogP contribution in [0.15, 0.2) is 30.3 Å². The van der Waals surface area contributed by atoms with Crippen molar-refractivity contribution in [2.24, 2.45) is 0 Å². The summed E-state index contributed by atoms with van der Waals surface area (Å²) in [6.45, 7) is 0.999. The minimum Gasteiger partial charge on any atom is -0.337 e. The Morgan fingerprint density at radius 2 is 1.91 bits per heavy atom. The molecule has 1 saturated carbocycles. The van der Waals surface area contributed by atoms with Gasteiger partial charge in [-0.3, -0.25) is 0 Å². The molecule has 0 radical (unpaired) electrons. The van der Waals surface area contributed by atoms with Gasteiger partial charge in [0.05, 0.1) is 6.26 Å². The molecule has 1 fully saturated rings. The zero-order valence-corrected chi connectivity index (χ0v) is 13.6. The largest absolute Gasteiger partial charge is 0.337 e. The zero-order chi connectivity index (χ0) is 16.0. The lowest BCUT2D eigenvalue weighted by Gasteiger charge is -2.20. The van der Waals surface area contributed by atoms with Crippen LogP contribution in [0, 0.1) is 0 Å². The van der Waals surface area contributed by atoms with Crippen molar-refractivity contribution in [1.82, 2.24) is 14.9 Å². The lowest BCUT2D eigenvalue weighted by Crippen LogP contribution is -2.43. The fourth-order valence-electron chi connectivity index (χ4n) is 2.10. The van der Waals surface area contributed by atoms with Gasteiger partial charge >= 0.3 is 6.03 Å². The molecule has 122 valence electrons. The van der Waals surface area contributed by atoms with Gasteiger partial charge in [-0.15, -0.1) is 0 Å². The summed E-state index contributed by atoms with van der Waals surface area (Å²) in [7, 11) is -3.28. The van der Waals surface area contributed by atoms with E-state index in [0.717, 1.165) is 18.4 Å². The number of carbonyl (C=O) groups is 1. The second kappa shape index (κ2) is 7.60. The molecule has 0 saturated heterocycles. The van der Waals surface area contributed by atoms with Crippen molar-refractivity contribution in [3.63, 3.8) is 0 Å². The number of nitrogens with one attached hydrogen (secondary N) is 2. The molecule has 1 aromatic rings. The molecule has 22 heavy (non-hydrogen) atoms. The lowest BCUT2D eigenvalue weighted by atomic mass is 10.1. The Morgan fingerprint density at radius 3 is 2.50 bits per heavy atom. The van der Waals surface area contributed by atoms with Gasteiger partial charge in [-0.25, -0.2) is 17.5 Å². The van der Waals surface area contributed by atoms with Crippen LogP contribution < -0.4 is 10.6 Å². The van der Waals surface area contributed by atoms with Gasteiger partial charge in [-0.2, -0.15) is 0 Å². The van der Waals surface area contributed by atoms with Crippen LogP contribution in [0.4, 0.5) is 4.79 Å². The number of nitrogens with zero attached hydrogens (tertiary/aromatic N) is 1. The number of urea groups is 1. The summed E-state index contributed by atoms with van der Waals surface area (Å²) in [5.41, 5.74) is 1.09. The molecule has 2 amide bonds. The zero-order valence-electron chi connectivity index (χ0n) is 12.8. The van der Waals surface area contributed by atoms with Crippen molar-refractivity contribution in [2.75, 3.05) is 25.9 Å². The van der Waals surface area contributed by atoms with Gasteiger partial charge in [0.25, 0.3) is 0 Å². The van der Waals surface area contributed by atoms with Crippen molar-refractivity contribution in [2.45, 2.75) is 25.3 Å². The van der Waals surface area contributed by atoms with E-state index in [1.165, 1.54) is 10.6 Å². The first-order chi connectivity index (χ1) is 10.4. The average Bonchev–Trinajstić information content (AvgIpc) is 3.26. The van der Waals surface area contributed by atoms with Crippen molar-refractivity contribution < 1.29 is 13.2 Å². The lowest BCUT2D eigenvalue weighted by molar-refractivity contribution is 0.239. The maximum atomic E-state index is 11.8. The number of hydrogen-bond acceptors (Lipinski definition) is 3. The van der Waals surface area contributed by atoms with E-state index in [4.69, 9.17) is 0 Å². The first kappa shape index (κ1) is 16.8. The molecular weight excluding hydrogens is 302 g/mol. The summed E-state index contributed by atoms with van der Waals surface area (Å²) in [4.78, 5) is 11.5. The van der Waals surface area contributed by atoms with Crippen LogP contribution in [0.25, 0.3) is 0 Å². The molecule has 1 aliphatic carbocycles. The fraction of sp³-hybridized carbons (Fsp3) is 0.533. The third-order valence-electron chi connectivity index (χ3n) is 3.52. The molecule has 0 atom stereocenters. The Bertz CT molecular complexity index is 585. The van der Waals surface area contributed by atoms with Gasteiger partial charge < -0.3 is 10.6 Å². The molecule has 1 aromatic carbocycles. The van der Waals surface area contributed by atoms with E-state index in [1.54, 1.807) is 0 Å². The van der Waals surface area contributed by atoms with Crippen LogP contribution >= 0.6 is 0 Å². The first-order valence-corrected chi connectivity index (χ1v) is 9.33. The molecule has 0 aliphatic heterocycles. The Kier molecular flexibility index (Phi) is 5.79. The maximum Gasteiger partial charge on any atom is 0.315 e. The molecule has 0 spiro atoms. The van der Waals surface area contributed by atoms with E-state index < -0.39 is 10.0 Å². The smallest absolute Gasteiger partial charge is 0.315 e. The number of rotatable bonds is 8. The van der Waals surface area contributed by atoms with E-state index in [0.29, 0.717) is 25.6 Å². The van der Waals surface area contributed by atoms with Crippen molar-refractivity contribution in [3.8, 4) is 0 Å². The standard InChI is InChI=1S/C15H23N3O3S/c1-22(20,21)18(11-9-13-5-3-2-4-6-13)12-10-16-15(19)17-14-7-8-14/h2-6,14H,7-12H2,1H3,(H2,16,17,19). The van der Waals surface area contributed by atoms with E-state index >= 15 is 0 Å². The highest BCUT2D eigenvalue weighted by atomic mass is 32.2. The number of amides is 2. The summed E-state index contributed by atoms with van der Waals surface area (Å²) in [5, 5.41) is 5.50. The third-order valence-corrected chi connectivity index (χ3v) is 4.82. The predicted molar refractivity (Wildman–Crippen MR) is 86.1 cm³/mol. The molecule has 2 N–H and O–H groups in total. The highest BCUT2D eigenvalue weighted by Gasteiger charge is 2.23. The maximum absolute atomic E-state index is 11.8. The molecule has 0 heterocycles. The highest BCUT2D eigenvalue weighted by molar-refractivity contribution is 7.88. The van der Waals surface area contributed by atoms with Crippen molar-refractivity contribution in [3.05, 3.63) is 35.9 Å². The molecule has 7 heteroatoms. The van der Waals surface area contributed by atoms with Crippen LogP contribution in [0.2, 0.25) is 0 Å². The van der Waals surface area contributed by atoms with E-state index in [2.05, 4.69) is 10.6 Å². The first-order valence-electron chi connectivity index (χ1n) is 7.48. The molecule has 6 nitrogen and oxygen atoms in total. The van der Waals surface area contributed by atoms with Gasteiger partial charge in [-0.05, 0) is 24.8 Å². The van der Waals surface area contributed by atoms with Crippen LogP contribution in [0.5, 0.6) is 0 Å². The van der Waals surface area contributed by atoms with E-state index in [9.17, 15) is 13.2 Å². The van der Waals surface area contributed by atoms with Crippen molar-refractivity contribution >= 4 is 16.1 Å². The average molecular weight is 325 g/mol. The Balaban J connectivity index is 1.77. The van der Waals surface area contributed by atoms with Crippen LogP contribution in [0.3, 0.4) is 0 Å². The normalized spacial score (nSPS) is 14.8. The van der Waals surface area contributed by atoms with Crippen LogP contribution in [0.1, 0.15) is 18.4 Å². The third kappa shape index (κ3) is 6.03. The minimum absolute atomic E-state index is 0.223. The predicted octanol–water partition coefficient (Wildman–Crippen LogP) is 0.952. The van der Waals surface area contributed by atoms with E-state index in [1.807, 2.05) is 30.3 Å². The summed E-state index contributed by atoms with van der Waals surface area (Å²) in [6.07, 6.45) is 3.91. The number of benzene rings is 1. The molecule has 0 bridgehead atoms. The summed E-state index contributed by atoms with van der Waals surface area (Å²) in [5.74, 6) is 0. The van der Waals surface area contributed by atoms with Crippen LogP contribution in [-0.2, 0) is 16.4 Å². The van der Waals surface area contributed by atoms with E-state index in [-0.39, 0.29) is 12.6 Å². The van der Waals surface area contributed by atoms with Gasteiger partial charge in [0.15, 0.2) is 0 Å². The Morgan fingerprint density at radius 1 is 1.23 bits per heavy atom. The summed E-state index contributed by atoms with van der Waals surface area (Å²) < 4.78 is 25.0. The monoisotopic (exact) mass is 325 g/mol. The fourth-order valence-corrected chi connectivity index (χ4v) is 2.95. The number of carbonyl (C=O) groups excluding carboxylic acids is 1. The number of hydrogen-bond donors (Lipinski definition) is 2. The minimum atomic E-state index is -3.28. The Labute approximate surface area is 131 Å². The van der Waals surface area contributed by atoms with Gasteiger partial charge in [0.1, 0.15) is 0 Å². The SMILES string of the molecule is CS(=O)(=O)N(CCNC(=O)NC1CC1)CCc1ccccc1. The highest BCUT2D eigenvalue weighted by Crippen LogP contribution is 2.18. The summed E-state index contributed by atoms with van der Waals surface area (Å²) in [6, 6.07) is 9.82. The quantitative estimate of drug-likeness (QED) is 0.747. The number of sulfonamides is 1. The van der Waals surface area contributed by atoms with Crippen LogP contribution in [-0.4, -0.2) is 50.7 Å². The second-order valence-electron chi connectivity index (χ2n) is 5.57. The second-order valence-corrected chi connectivity index (χ2v) is 7.55. The van der Waals surface area contributed by atoms with Gasteiger partial charge in [0.2, 0.25) is 10.0 Å². The van der Waals surface area contributed by atoms with Gasteiger partial charge in [0, 0.05) is 25.7 Å². The molecule has 0 aromatic heterocycles. The summed E-state index contributed by atoms with van der Waals surface area (Å²) >= 11 is 0. The molecule has 0 unspecified atom stereocenters.